The van der Waals surface area contributed by atoms with Crippen LogP contribution in [-0.4, -0.2) is 52.9 Å². The van der Waals surface area contributed by atoms with E-state index in [0.717, 1.165) is 36.7 Å². The van der Waals surface area contributed by atoms with Crippen LogP contribution in [-0.2, 0) is 6.54 Å². The number of hydrogen-bond donors (Lipinski definition) is 0. The first-order chi connectivity index (χ1) is 16.8. The Labute approximate surface area is 221 Å². The Kier molecular flexibility index (Phi) is 7.51. The minimum absolute atomic E-state index is 0. The second-order valence-electron chi connectivity index (χ2n) is 9.41. The van der Waals surface area contributed by atoms with Gasteiger partial charge in [0.05, 0.1) is 6.54 Å². The third kappa shape index (κ3) is 5.47. The molecule has 2 aliphatic rings. The predicted molar refractivity (Wildman–Crippen MR) is 142 cm³/mol. The minimum Gasteiger partial charge on any atom is -0.489 e. The van der Waals surface area contributed by atoms with Crippen LogP contribution in [0.5, 0.6) is 11.8 Å². The van der Waals surface area contributed by atoms with Crippen LogP contribution in [0.25, 0.3) is 0 Å². The summed E-state index contributed by atoms with van der Waals surface area (Å²) in [5.41, 5.74) is 1.74. The number of benzene rings is 2. The van der Waals surface area contributed by atoms with Crippen LogP contribution in [0.1, 0.15) is 19.8 Å². The van der Waals surface area contributed by atoms with Crippen molar-refractivity contribution < 1.29 is 14.4 Å². The highest BCUT2D eigenvalue weighted by Gasteiger charge is 2.41. The van der Waals surface area contributed by atoms with Gasteiger partial charge in [0.1, 0.15) is 18.6 Å². The van der Waals surface area contributed by atoms with Gasteiger partial charge in [-0.25, -0.2) is 0 Å². The number of halogens is 2. The van der Waals surface area contributed by atoms with Crippen molar-refractivity contribution in [2.24, 2.45) is 0 Å². The molecule has 0 unspecified atom stereocenters. The van der Waals surface area contributed by atoms with E-state index in [0.29, 0.717) is 19.2 Å². The number of nitrogens with zero attached hydrogens (tertiary/aromatic N) is 5. The van der Waals surface area contributed by atoms with Gasteiger partial charge >= 0.3 is 11.8 Å². The van der Waals surface area contributed by atoms with E-state index in [-0.39, 0.29) is 24.2 Å². The fourth-order valence-corrected chi connectivity index (χ4v) is 4.87. The molecule has 0 N–H and O–H groups in total. The molecule has 2 aliphatic heterocycles. The fourth-order valence-electron chi connectivity index (χ4n) is 4.74. The summed E-state index contributed by atoms with van der Waals surface area (Å²) in [6, 6.07) is 16.9. The molecule has 3 aromatic rings. The molecular formula is C25H29Cl2N5O4. The molecule has 1 saturated heterocycles. The Bertz CT molecular complexity index is 1170. The molecular weight excluding hydrogens is 505 g/mol. The third-order valence-electron chi connectivity index (χ3n) is 6.75. The molecule has 1 aromatic heterocycles. The van der Waals surface area contributed by atoms with E-state index >= 15 is 0 Å². The van der Waals surface area contributed by atoms with Gasteiger partial charge in [-0.2, -0.15) is 0 Å². The van der Waals surface area contributed by atoms with Crippen LogP contribution in [0, 0.1) is 10.1 Å². The van der Waals surface area contributed by atoms with E-state index in [1.54, 1.807) is 4.57 Å². The first-order valence-electron chi connectivity index (χ1n) is 11.7. The van der Waals surface area contributed by atoms with Gasteiger partial charge in [-0.3, -0.25) is 4.57 Å². The second-order valence-corrected chi connectivity index (χ2v) is 9.84. The van der Waals surface area contributed by atoms with Gasteiger partial charge in [-0.15, -0.1) is 12.4 Å². The summed E-state index contributed by atoms with van der Waals surface area (Å²) in [6.07, 6.45) is 3.56. The highest BCUT2D eigenvalue weighted by Crippen LogP contribution is 2.32. The quantitative estimate of drug-likeness (QED) is 0.304. The average molecular weight is 534 g/mol. The Balaban J connectivity index is 0.00000304. The molecule has 3 heterocycles. The Hall–Kier alpha value is -3.17. The lowest BCUT2D eigenvalue weighted by Crippen LogP contribution is -2.43. The first-order valence-corrected chi connectivity index (χ1v) is 12.0. The van der Waals surface area contributed by atoms with E-state index in [1.165, 1.54) is 17.6 Å². The highest BCUT2D eigenvalue weighted by molar-refractivity contribution is 6.30. The number of imidazole rings is 1. The number of fused-ring (bicyclic) bond motifs is 1. The van der Waals surface area contributed by atoms with Gasteiger partial charge in [0.25, 0.3) is 0 Å². The summed E-state index contributed by atoms with van der Waals surface area (Å²) in [5.74, 6) is 0.547. The molecule has 0 saturated carbocycles. The number of piperidine rings is 1. The number of rotatable bonds is 7. The van der Waals surface area contributed by atoms with Crippen molar-refractivity contribution in [2.45, 2.75) is 38.0 Å². The number of ether oxygens (including phenoxy) is 2. The number of nitro groups is 1. The molecule has 36 heavy (non-hydrogen) atoms. The van der Waals surface area contributed by atoms with Crippen LogP contribution in [0.4, 0.5) is 17.2 Å². The topological polar surface area (TPSA) is 85.9 Å². The molecule has 5 rings (SSSR count). The standard InChI is InChI=1S/C25H28ClN5O4.ClH/c1-25(16-30-15-23(31(32)33)27-24(30)35-25)17-34-22-9-7-21(8-10-22)29-13-11-20(12-14-29)28(2)19-5-3-18(26)4-6-19;/h3-10,15,20H,11-14,16-17H2,1-2H3;1H/t25-;/m1./s1. The van der Waals surface area contributed by atoms with E-state index in [2.05, 4.69) is 46.1 Å². The largest absolute Gasteiger partial charge is 0.489 e. The lowest BCUT2D eigenvalue weighted by molar-refractivity contribution is -0.389. The van der Waals surface area contributed by atoms with Crippen molar-refractivity contribution in [3.05, 3.63) is 69.9 Å². The Morgan fingerprint density at radius 3 is 2.47 bits per heavy atom. The summed E-state index contributed by atoms with van der Waals surface area (Å²) in [6.45, 7) is 4.65. The zero-order valence-electron chi connectivity index (χ0n) is 20.2. The summed E-state index contributed by atoms with van der Waals surface area (Å²) in [7, 11) is 2.15. The molecule has 0 amide bonds. The zero-order chi connectivity index (χ0) is 24.6. The second kappa shape index (κ2) is 10.4. The van der Waals surface area contributed by atoms with Gasteiger partial charge in [-0.05, 0) is 73.2 Å². The Morgan fingerprint density at radius 1 is 1.19 bits per heavy atom. The number of aromatic nitrogens is 2. The van der Waals surface area contributed by atoms with E-state index in [1.807, 2.05) is 31.2 Å². The van der Waals surface area contributed by atoms with Crippen molar-refractivity contribution in [1.82, 2.24) is 9.55 Å². The first kappa shape index (κ1) is 25.9. The van der Waals surface area contributed by atoms with Crippen molar-refractivity contribution in [3.63, 3.8) is 0 Å². The molecule has 9 nitrogen and oxygen atoms in total. The molecule has 1 fully saturated rings. The van der Waals surface area contributed by atoms with Crippen molar-refractivity contribution in [3.8, 4) is 11.8 Å². The molecule has 2 aromatic carbocycles. The minimum atomic E-state index is -0.631. The maximum atomic E-state index is 10.9. The summed E-state index contributed by atoms with van der Waals surface area (Å²) >= 11 is 6.02. The van der Waals surface area contributed by atoms with Crippen LogP contribution < -0.4 is 19.3 Å². The van der Waals surface area contributed by atoms with Gasteiger partial charge in [0.15, 0.2) is 5.60 Å². The molecule has 11 heteroatoms. The molecule has 0 bridgehead atoms. The summed E-state index contributed by atoms with van der Waals surface area (Å²) in [4.78, 5) is 19.0. The smallest absolute Gasteiger partial charge is 0.415 e. The lowest BCUT2D eigenvalue weighted by Gasteiger charge is -2.39. The number of anilines is 2. The van der Waals surface area contributed by atoms with E-state index in [4.69, 9.17) is 21.1 Å². The highest BCUT2D eigenvalue weighted by atomic mass is 35.5. The van der Waals surface area contributed by atoms with Crippen molar-refractivity contribution >= 4 is 41.2 Å². The third-order valence-corrected chi connectivity index (χ3v) is 7.00. The lowest BCUT2D eigenvalue weighted by atomic mass is 10.0. The summed E-state index contributed by atoms with van der Waals surface area (Å²) < 4.78 is 13.5. The number of hydrogen-bond acceptors (Lipinski definition) is 7. The Morgan fingerprint density at radius 2 is 1.86 bits per heavy atom. The molecule has 192 valence electrons. The van der Waals surface area contributed by atoms with Gasteiger partial charge in [0, 0.05) is 47.6 Å². The van der Waals surface area contributed by atoms with Gasteiger partial charge in [0.2, 0.25) is 0 Å². The fraction of sp³-hybridized carbons (Fsp3) is 0.400. The van der Waals surface area contributed by atoms with Gasteiger partial charge < -0.3 is 29.4 Å². The predicted octanol–water partition coefficient (Wildman–Crippen LogP) is 5.20. The van der Waals surface area contributed by atoms with Crippen molar-refractivity contribution in [2.75, 3.05) is 36.5 Å². The SMILES string of the molecule is CN(c1ccc(Cl)cc1)C1CCN(c2ccc(OC[C@@]3(C)Cn4cc([N+](=O)[O-])nc4O3)cc2)CC1.Cl. The maximum absolute atomic E-state index is 10.9. The van der Waals surface area contributed by atoms with E-state index in [9.17, 15) is 10.1 Å². The van der Waals surface area contributed by atoms with Crippen LogP contribution >= 0.6 is 24.0 Å². The average Bonchev–Trinajstić information content (AvgIpc) is 3.39. The monoisotopic (exact) mass is 533 g/mol. The zero-order valence-corrected chi connectivity index (χ0v) is 21.7. The molecule has 1 atom stereocenters. The van der Waals surface area contributed by atoms with Crippen LogP contribution in [0.2, 0.25) is 5.02 Å². The normalized spacial score (nSPS) is 19.2. The van der Waals surface area contributed by atoms with Crippen LogP contribution in [0.15, 0.2) is 54.7 Å². The maximum Gasteiger partial charge on any atom is 0.415 e. The summed E-state index contributed by atoms with van der Waals surface area (Å²) in [5, 5.41) is 11.6. The van der Waals surface area contributed by atoms with Crippen LogP contribution in [0.3, 0.4) is 0 Å². The molecule has 0 spiro atoms. The van der Waals surface area contributed by atoms with Crippen molar-refractivity contribution in [1.29, 1.82) is 0 Å². The van der Waals surface area contributed by atoms with Gasteiger partial charge in [-0.1, -0.05) is 11.6 Å². The molecule has 0 radical (unpaired) electrons. The van der Waals surface area contributed by atoms with E-state index < -0.39 is 10.5 Å². The molecule has 0 aliphatic carbocycles.